The second kappa shape index (κ2) is 12.2. The zero-order chi connectivity index (χ0) is 32.6. The van der Waals surface area contributed by atoms with Crippen molar-refractivity contribution in [2.75, 3.05) is 20.2 Å². The second-order valence-corrected chi connectivity index (χ2v) is 12.8. The standard InChI is InChI=1S/C26H24F4N4O6S2.C2H6/c1-25(2,3)39-24(35)33-12-16(13-33)34-11-14(10-31-34)21-20(17-6-5-15(27)9-19(17)38-4)22-18(7-8-41-22)23(32-21)40-42(36,37)26(28,29)30;1-2/h5-11,16H,12-13H2,1-4H3;1-2H3. The SMILES string of the molecule is CC.COc1cc(F)ccc1-c1c(-c2cnn(C3CN(C(=O)OC(C)(C)C)C3)c2)nc(OS(=O)(=O)C(F)(F)F)c2ccsc12. The van der Waals surface area contributed by atoms with E-state index in [4.69, 9.17) is 9.47 Å². The summed E-state index contributed by atoms with van der Waals surface area (Å²) in [6.07, 6.45) is 2.49. The molecule has 44 heavy (non-hydrogen) atoms. The number of hydrogen-bond donors (Lipinski definition) is 0. The third-order valence-corrected chi connectivity index (χ3v) is 8.12. The quantitative estimate of drug-likeness (QED) is 0.123. The van der Waals surface area contributed by atoms with E-state index in [9.17, 15) is 30.8 Å². The van der Waals surface area contributed by atoms with Crippen molar-refractivity contribution in [3.63, 3.8) is 0 Å². The fraction of sp³-hybridized carbons (Fsp3) is 0.393. The maximum atomic E-state index is 14.1. The van der Waals surface area contributed by atoms with Crippen LogP contribution in [0.2, 0.25) is 0 Å². The molecule has 0 bridgehead atoms. The highest BCUT2D eigenvalue weighted by molar-refractivity contribution is 7.88. The number of alkyl halides is 3. The number of thiophene rings is 1. The predicted molar refractivity (Wildman–Crippen MR) is 157 cm³/mol. The Morgan fingerprint density at radius 2 is 1.80 bits per heavy atom. The van der Waals surface area contributed by atoms with Crippen LogP contribution in [0.25, 0.3) is 32.5 Å². The van der Waals surface area contributed by atoms with Gasteiger partial charge in [0.1, 0.15) is 17.2 Å². The van der Waals surface area contributed by atoms with Crippen molar-refractivity contribution in [2.24, 2.45) is 0 Å². The third kappa shape index (κ3) is 6.60. The Bertz CT molecular complexity index is 1770. The normalized spacial score (nSPS) is 14.1. The molecule has 1 aliphatic rings. The lowest BCUT2D eigenvalue weighted by molar-refractivity contribution is -0.0500. The molecule has 0 spiro atoms. The Morgan fingerprint density at radius 3 is 2.41 bits per heavy atom. The lowest BCUT2D eigenvalue weighted by Gasteiger charge is -2.39. The maximum Gasteiger partial charge on any atom is 0.534 e. The number of fused-ring (bicyclic) bond motifs is 1. The molecule has 1 aliphatic heterocycles. The van der Waals surface area contributed by atoms with Gasteiger partial charge in [-0.3, -0.25) is 4.68 Å². The molecule has 0 saturated carbocycles. The number of hydrogen-bond acceptors (Lipinski definition) is 9. The number of amides is 1. The molecule has 3 aromatic heterocycles. The highest BCUT2D eigenvalue weighted by Gasteiger charge is 2.49. The van der Waals surface area contributed by atoms with Crippen LogP contribution in [0.3, 0.4) is 0 Å². The Morgan fingerprint density at radius 1 is 1.11 bits per heavy atom. The van der Waals surface area contributed by atoms with Gasteiger partial charge in [0.2, 0.25) is 5.88 Å². The van der Waals surface area contributed by atoms with Gasteiger partial charge in [0.15, 0.2) is 0 Å². The van der Waals surface area contributed by atoms with Crippen LogP contribution in [0, 0.1) is 5.82 Å². The molecule has 0 radical (unpaired) electrons. The number of benzene rings is 1. The number of ether oxygens (including phenoxy) is 2. The largest absolute Gasteiger partial charge is 0.534 e. The number of aromatic nitrogens is 3. The maximum absolute atomic E-state index is 14.1. The van der Waals surface area contributed by atoms with Crippen molar-refractivity contribution in [2.45, 2.75) is 51.8 Å². The number of halogens is 4. The molecule has 4 heterocycles. The summed E-state index contributed by atoms with van der Waals surface area (Å²) in [6, 6.07) is 4.89. The van der Waals surface area contributed by atoms with Crippen LogP contribution in [0.4, 0.5) is 22.4 Å². The average Bonchev–Trinajstić information content (AvgIpc) is 3.58. The molecule has 238 valence electrons. The molecule has 0 unspecified atom stereocenters. The fourth-order valence-corrected chi connectivity index (χ4v) is 5.68. The molecule has 1 amide bonds. The van der Waals surface area contributed by atoms with Crippen molar-refractivity contribution in [3.8, 4) is 34.0 Å². The number of pyridine rings is 1. The highest BCUT2D eigenvalue weighted by Crippen LogP contribution is 2.46. The van der Waals surface area contributed by atoms with Crippen molar-refractivity contribution < 1.29 is 44.4 Å². The molecule has 0 aliphatic carbocycles. The van der Waals surface area contributed by atoms with Gasteiger partial charge in [0.25, 0.3) is 0 Å². The Labute approximate surface area is 255 Å². The Hall–Kier alpha value is -3.92. The first-order valence-electron chi connectivity index (χ1n) is 13.4. The lowest BCUT2D eigenvalue weighted by Crippen LogP contribution is -2.52. The van der Waals surface area contributed by atoms with E-state index in [2.05, 4.69) is 14.3 Å². The van der Waals surface area contributed by atoms with Crippen molar-refractivity contribution in [3.05, 3.63) is 47.9 Å². The number of rotatable bonds is 6. The van der Waals surface area contributed by atoms with Crippen molar-refractivity contribution in [1.29, 1.82) is 0 Å². The first kappa shape index (κ1) is 33.0. The summed E-state index contributed by atoms with van der Waals surface area (Å²) in [5.74, 6) is -1.25. The number of methoxy groups -OCH3 is 1. The molecular weight excluding hydrogens is 628 g/mol. The minimum atomic E-state index is -6.05. The summed E-state index contributed by atoms with van der Waals surface area (Å²) in [5, 5.41) is 5.89. The summed E-state index contributed by atoms with van der Waals surface area (Å²) in [4.78, 5) is 18.1. The van der Waals surface area contributed by atoms with Crippen molar-refractivity contribution in [1.82, 2.24) is 19.7 Å². The number of nitrogens with zero attached hydrogens (tertiary/aromatic N) is 4. The van der Waals surface area contributed by atoms with Gasteiger partial charge >= 0.3 is 21.7 Å². The van der Waals surface area contributed by atoms with Crippen LogP contribution < -0.4 is 8.92 Å². The van der Waals surface area contributed by atoms with E-state index < -0.39 is 39.0 Å². The number of likely N-dealkylation sites (tertiary alicyclic amines) is 1. The third-order valence-electron chi connectivity index (χ3n) is 6.24. The van der Waals surface area contributed by atoms with Gasteiger partial charge in [-0.05, 0) is 44.4 Å². The molecule has 4 aromatic rings. The first-order valence-corrected chi connectivity index (χ1v) is 15.6. The predicted octanol–water partition coefficient (Wildman–Crippen LogP) is 7.02. The summed E-state index contributed by atoms with van der Waals surface area (Å²) in [7, 11) is -4.72. The zero-order valence-electron chi connectivity index (χ0n) is 24.6. The Balaban J connectivity index is 0.00000216. The van der Waals surface area contributed by atoms with Gasteiger partial charge in [-0.25, -0.2) is 14.2 Å². The molecule has 0 atom stereocenters. The molecule has 1 saturated heterocycles. The fourth-order valence-electron chi connectivity index (χ4n) is 4.30. The molecular formula is C28H30F4N4O6S2. The smallest absolute Gasteiger partial charge is 0.496 e. The first-order chi connectivity index (χ1) is 20.6. The van der Waals surface area contributed by atoms with E-state index in [1.54, 1.807) is 31.6 Å². The minimum absolute atomic E-state index is 0.00246. The highest BCUT2D eigenvalue weighted by atomic mass is 32.2. The van der Waals surface area contributed by atoms with Crippen LogP contribution in [0.1, 0.15) is 40.7 Å². The van der Waals surface area contributed by atoms with Gasteiger partial charge in [-0.1, -0.05) is 13.8 Å². The summed E-state index contributed by atoms with van der Waals surface area (Å²) < 4.78 is 94.8. The van der Waals surface area contributed by atoms with Crippen LogP contribution in [0.5, 0.6) is 11.6 Å². The van der Waals surface area contributed by atoms with E-state index in [0.29, 0.717) is 34.5 Å². The second-order valence-electron chi connectivity index (χ2n) is 10.4. The van der Waals surface area contributed by atoms with E-state index >= 15 is 0 Å². The molecule has 1 fully saturated rings. The molecule has 5 rings (SSSR count). The Kier molecular flexibility index (Phi) is 9.17. The van der Waals surface area contributed by atoms with Gasteiger partial charge in [-0.2, -0.15) is 26.7 Å². The van der Waals surface area contributed by atoms with Gasteiger partial charge in [-0.15, -0.1) is 11.3 Å². The molecule has 1 aromatic carbocycles. The molecule has 0 N–H and O–H groups in total. The van der Waals surface area contributed by atoms with E-state index in [1.165, 1.54) is 41.8 Å². The molecule has 10 nitrogen and oxygen atoms in total. The van der Waals surface area contributed by atoms with Gasteiger partial charge in [0.05, 0.1) is 30.4 Å². The average molecular weight is 659 g/mol. The summed E-state index contributed by atoms with van der Waals surface area (Å²) in [5.41, 5.74) is -5.33. The van der Waals surface area contributed by atoms with Gasteiger partial charge in [0, 0.05) is 46.7 Å². The van der Waals surface area contributed by atoms with Crippen LogP contribution in [-0.2, 0) is 14.9 Å². The van der Waals surface area contributed by atoms with Crippen LogP contribution >= 0.6 is 11.3 Å². The van der Waals surface area contributed by atoms with Crippen LogP contribution in [0.15, 0.2) is 42.0 Å². The van der Waals surface area contributed by atoms with Gasteiger partial charge < -0.3 is 18.6 Å². The minimum Gasteiger partial charge on any atom is -0.496 e. The van der Waals surface area contributed by atoms with Crippen LogP contribution in [-0.4, -0.2) is 65.5 Å². The monoisotopic (exact) mass is 658 g/mol. The van der Waals surface area contributed by atoms with E-state index in [0.717, 1.165) is 17.4 Å². The summed E-state index contributed by atoms with van der Waals surface area (Å²) >= 11 is 1.09. The lowest BCUT2D eigenvalue weighted by atomic mass is 9.98. The number of carbonyl (C=O) groups excluding carboxylic acids is 1. The summed E-state index contributed by atoms with van der Waals surface area (Å²) in [6.45, 7) is 9.86. The number of carbonyl (C=O) groups is 1. The van der Waals surface area contributed by atoms with Crippen molar-refractivity contribution >= 4 is 37.6 Å². The van der Waals surface area contributed by atoms with E-state index in [-0.39, 0.29) is 22.9 Å². The van der Waals surface area contributed by atoms with E-state index in [1.807, 2.05) is 13.8 Å². The zero-order valence-corrected chi connectivity index (χ0v) is 26.2. The topological polar surface area (TPSA) is 113 Å². The molecule has 16 heteroatoms.